The van der Waals surface area contributed by atoms with Crippen LogP contribution in [0.2, 0.25) is 0 Å². The number of hydrogen-bond donors (Lipinski definition) is 0. The molecule has 1 aliphatic rings. The predicted octanol–water partition coefficient (Wildman–Crippen LogP) is 2.57. The first-order chi connectivity index (χ1) is 13.4. The van der Waals surface area contributed by atoms with Gasteiger partial charge in [-0.3, -0.25) is 19.4 Å². The molecule has 4 rings (SSSR count). The van der Waals surface area contributed by atoms with Crippen LogP contribution in [0.4, 0.5) is 11.4 Å². The quantitative estimate of drug-likeness (QED) is 0.379. The van der Waals surface area contributed by atoms with E-state index in [1.807, 2.05) is 41.1 Å². The summed E-state index contributed by atoms with van der Waals surface area (Å²) in [7, 11) is 0. The van der Waals surface area contributed by atoms with Crippen LogP contribution >= 0.6 is 12.2 Å². The maximum atomic E-state index is 10.8. The molecule has 0 N–H and O–H groups in total. The van der Waals surface area contributed by atoms with E-state index in [2.05, 4.69) is 19.9 Å². The monoisotopic (exact) mass is 399 g/mol. The minimum Gasteiger partial charge on any atom is -0.369 e. The lowest BCUT2D eigenvalue weighted by Crippen LogP contribution is -2.47. The third-order valence-corrected chi connectivity index (χ3v) is 5.39. The zero-order valence-electron chi connectivity index (χ0n) is 15.8. The molecular formula is C18H21N7O2S. The number of nitro benzene ring substituents is 1. The number of aromatic nitrogens is 4. The number of aryl methyl sites for hydroxylation is 2. The molecule has 10 heteroatoms. The van der Waals surface area contributed by atoms with Crippen molar-refractivity contribution in [2.24, 2.45) is 0 Å². The third-order valence-electron chi connectivity index (χ3n) is 5.00. The van der Waals surface area contributed by atoms with Crippen LogP contribution in [-0.4, -0.2) is 55.2 Å². The molecule has 2 aromatic heterocycles. The van der Waals surface area contributed by atoms with Crippen LogP contribution in [0.3, 0.4) is 0 Å². The summed E-state index contributed by atoms with van der Waals surface area (Å²) in [4.78, 5) is 19.4. The average molecular weight is 399 g/mol. The van der Waals surface area contributed by atoms with E-state index in [9.17, 15) is 10.1 Å². The van der Waals surface area contributed by atoms with Gasteiger partial charge in [0.2, 0.25) is 4.77 Å². The molecular weight excluding hydrogens is 378 g/mol. The molecule has 0 bridgehead atoms. The SMILES string of the molecule is Cc1cc(C)n2c(=S)n(CN3CCN(c4ccc([N+](=O)[O-])cc4)CC3)nc2n1. The summed E-state index contributed by atoms with van der Waals surface area (Å²) in [5.41, 5.74) is 3.07. The Morgan fingerprint density at radius 3 is 2.46 bits per heavy atom. The number of non-ortho nitro benzene ring substituents is 1. The second-order valence-electron chi connectivity index (χ2n) is 6.98. The summed E-state index contributed by atoms with van der Waals surface area (Å²) in [6.07, 6.45) is 0. The van der Waals surface area contributed by atoms with Crippen molar-refractivity contribution < 1.29 is 4.92 Å². The summed E-state index contributed by atoms with van der Waals surface area (Å²) in [6.45, 7) is 7.98. The molecule has 3 aromatic rings. The topological polar surface area (TPSA) is 84.7 Å². The van der Waals surface area contributed by atoms with Gasteiger partial charge in [0.25, 0.3) is 11.5 Å². The Hall–Kier alpha value is -2.85. The highest BCUT2D eigenvalue weighted by Crippen LogP contribution is 2.21. The molecule has 3 heterocycles. The van der Waals surface area contributed by atoms with Crippen LogP contribution in [0.5, 0.6) is 0 Å². The van der Waals surface area contributed by atoms with Gasteiger partial charge in [-0.25, -0.2) is 9.67 Å². The normalized spacial score (nSPS) is 15.3. The van der Waals surface area contributed by atoms with E-state index in [0.29, 0.717) is 17.2 Å². The Morgan fingerprint density at radius 2 is 1.82 bits per heavy atom. The van der Waals surface area contributed by atoms with Gasteiger partial charge in [-0.05, 0) is 44.3 Å². The van der Waals surface area contributed by atoms with Gasteiger partial charge in [0.1, 0.15) is 0 Å². The molecule has 0 saturated carbocycles. The second-order valence-corrected chi connectivity index (χ2v) is 7.34. The Morgan fingerprint density at radius 1 is 1.14 bits per heavy atom. The van der Waals surface area contributed by atoms with Gasteiger partial charge in [-0.2, -0.15) is 0 Å². The molecule has 1 aliphatic heterocycles. The number of hydrogen-bond acceptors (Lipinski definition) is 7. The highest BCUT2D eigenvalue weighted by molar-refractivity contribution is 7.71. The number of piperazine rings is 1. The molecule has 0 radical (unpaired) electrons. The molecule has 1 aromatic carbocycles. The van der Waals surface area contributed by atoms with Gasteiger partial charge in [0.05, 0.1) is 11.6 Å². The van der Waals surface area contributed by atoms with E-state index in [4.69, 9.17) is 12.2 Å². The Kier molecular flexibility index (Phi) is 4.82. The zero-order chi connectivity index (χ0) is 19.8. The van der Waals surface area contributed by atoms with Crippen LogP contribution in [0, 0.1) is 28.7 Å². The van der Waals surface area contributed by atoms with E-state index >= 15 is 0 Å². The first-order valence-electron chi connectivity index (χ1n) is 9.08. The minimum atomic E-state index is -0.377. The van der Waals surface area contributed by atoms with Gasteiger partial charge in [-0.15, -0.1) is 5.10 Å². The smallest absolute Gasteiger partial charge is 0.269 e. The number of nitro groups is 1. The summed E-state index contributed by atoms with van der Waals surface area (Å²) in [5.74, 6) is 0.631. The first-order valence-corrected chi connectivity index (χ1v) is 9.49. The first kappa shape index (κ1) is 18.5. The van der Waals surface area contributed by atoms with Crippen LogP contribution in [-0.2, 0) is 6.67 Å². The fourth-order valence-electron chi connectivity index (χ4n) is 3.55. The summed E-state index contributed by atoms with van der Waals surface area (Å²) < 4.78 is 4.37. The van der Waals surface area contributed by atoms with Gasteiger partial charge < -0.3 is 4.90 Å². The molecule has 0 atom stereocenters. The molecule has 28 heavy (non-hydrogen) atoms. The van der Waals surface area contributed by atoms with Gasteiger partial charge in [-0.1, -0.05) is 0 Å². The summed E-state index contributed by atoms with van der Waals surface area (Å²) in [5, 5.41) is 15.4. The highest BCUT2D eigenvalue weighted by atomic mass is 32.1. The number of benzene rings is 1. The second kappa shape index (κ2) is 7.28. The van der Waals surface area contributed by atoms with Crippen molar-refractivity contribution in [3.05, 3.63) is 56.6 Å². The number of fused-ring (bicyclic) bond motifs is 1. The molecule has 0 amide bonds. The van der Waals surface area contributed by atoms with E-state index in [1.54, 1.807) is 12.1 Å². The van der Waals surface area contributed by atoms with Crippen LogP contribution in [0.1, 0.15) is 11.4 Å². The predicted molar refractivity (Wildman–Crippen MR) is 108 cm³/mol. The zero-order valence-corrected chi connectivity index (χ0v) is 16.6. The van der Waals surface area contributed by atoms with E-state index < -0.39 is 0 Å². The van der Waals surface area contributed by atoms with Crippen LogP contribution < -0.4 is 4.90 Å². The molecule has 1 saturated heterocycles. The van der Waals surface area contributed by atoms with Crippen molar-refractivity contribution in [3.8, 4) is 0 Å². The maximum Gasteiger partial charge on any atom is 0.269 e. The van der Waals surface area contributed by atoms with E-state index in [0.717, 1.165) is 43.3 Å². The van der Waals surface area contributed by atoms with E-state index in [1.165, 1.54) is 0 Å². The molecule has 0 spiro atoms. The third kappa shape index (κ3) is 3.48. The highest BCUT2D eigenvalue weighted by Gasteiger charge is 2.19. The average Bonchev–Trinajstić information content (AvgIpc) is 2.98. The van der Waals surface area contributed by atoms with E-state index in [-0.39, 0.29) is 10.6 Å². The molecule has 1 fully saturated rings. The summed E-state index contributed by atoms with van der Waals surface area (Å²) >= 11 is 5.59. The largest absolute Gasteiger partial charge is 0.369 e. The van der Waals surface area contributed by atoms with Crippen molar-refractivity contribution in [2.75, 3.05) is 31.1 Å². The molecule has 0 aliphatic carbocycles. The number of rotatable bonds is 4. The van der Waals surface area contributed by atoms with Crippen LogP contribution in [0.25, 0.3) is 5.78 Å². The fourth-order valence-corrected chi connectivity index (χ4v) is 3.87. The number of anilines is 1. The fraction of sp³-hybridized carbons (Fsp3) is 0.389. The van der Waals surface area contributed by atoms with Gasteiger partial charge in [0.15, 0.2) is 0 Å². The van der Waals surface area contributed by atoms with Crippen LogP contribution in [0.15, 0.2) is 30.3 Å². The van der Waals surface area contributed by atoms with Crippen molar-refractivity contribution >= 4 is 29.4 Å². The lowest BCUT2D eigenvalue weighted by molar-refractivity contribution is -0.384. The minimum absolute atomic E-state index is 0.114. The standard InChI is InChI=1S/C18H21N7O2S/c1-13-11-14(2)24-17(19-13)20-23(18(24)28)12-21-7-9-22(10-8-21)15-3-5-16(6-4-15)25(26)27/h3-6,11H,7-10,12H2,1-2H3. The lowest BCUT2D eigenvalue weighted by Gasteiger charge is -2.35. The Balaban J connectivity index is 1.44. The van der Waals surface area contributed by atoms with Crippen molar-refractivity contribution in [2.45, 2.75) is 20.5 Å². The number of nitrogens with zero attached hydrogens (tertiary/aromatic N) is 7. The van der Waals surface area contributed by atoms with Gasteiger partial charge >= 0.3 is 0 Å². The molecule has 0 unspecified atom stereocenters. The summed E-state index contributed by atoms with van der Waals surface area (Å²) in [6, 6.07) is 8.72. The Labute approximate surface area is 167 Å². The molecule has 9 nitrogen and oxygen atoms in total. The van der Waals surface area contributed by atoms with Crippen molar-refractivity contribution in [3.63, 3.8) is 0 Å². The molecule has 146 valence electrons. The van der Waals surface area contributed by atoms with Gasteiger partial charge in [0, 0.05) is 55.4 Å². The maximum absolute atomic E-state index is 10.8. The lowest BCUT2D eigenvalue weighted by atomic mass is 10.2. The Bertz CT molecular complexity index is 1080. The van der Waals surface area contributed by atoms with Crippen molar-refractivity contribution in [1.29, 1.82) is 0 Å². The van der Waals surface area contributed by atoms with Crippen molar-refractivity contribution in [1.82, 2.24) is 24.1 Å².